The Balaban J connectivity index is 1.77. The van der Waals surface area contributed by atoms with Gasteiger partial charge in [0.2, 0.25) is 0 Å². The number of hydrogen-bond acceptors (Lipinski definition) is 2. The zero-order chi connectivity index (χ0) is 12.4. The smallest absolute Gasteiger partial charge is 0.0746 e. The highest BCUT2D eigenvalue weighted by Crippen LogP contribution is 2.43. The Hall–Kier alpha value is -0.0800. The lowest BCUT2D eigenvalue weighted by molar-refractivity contribution is -0.0699. The average molecular weight is 239 g/mol. The van der Waals surface area contributed by atoms with Gasteiger partial charge in [0.15, 0.2) is 0 Å². The van der Waals surface area contributed by atoms with E-state index in [1.165, 1.54) is 51.6 Å². The van der Waals surface area contributed by atoms with Crippen LogP contribution in [0.15, 0.2) is 0 Å². The van der Waals surface area contributed by atoms with Gasteiger partial charge in [-0.3, -0.25) is 4.90 Å². The minimum Gasteiger partial charge on any atom is -0.389 e. The second-order valence-electron chi connectivity index (χ2n) is 6.81. The summed E-state index contributed by atoms with van der Waals surface area (Å²) in [6, 6.07) is 0. The third-order valence-electron chi connectivity index (χ3n) is 4.64. The molecule has 1 saturated heterocycles. The summed E-state index contributed by atoms with van der Waals surface area (Å²) < 4.78 is 0. The zero-order valence-electron chi connectivity index (χ0n) is 11.7. The monoisotopic (exact) mass is 239 g/mol. The van der Waals surface area contributed by atoms with Gasteiger partial charge in [-0.25, -0.2) is 0 Å². The van der Waals surface area contributed by atoms with Crippen LogP contribution < -0.4 is 0 Å². The van der Waals surface area contributed by atoms with Gasteiger partial charge in [-0.05, 0) is 31.6 Å². The predicted octanol–water partition coefficient (Wildman–Crippen LogP) is 3.19. The van der Waals surface area contributed by atoms with Gasteiger partial charge in [0.25, 0.3) is 0 Å². The molecular weight excluding hydrogens is 210 g/mol. The predicted molar refractivity (Wildman–Crippen MR) is 72.1 cm³/mol. The summed E-state index contributed by atoms with van der Waals surface area (Å²) in [7, 11) is 0. The quantitative estimate of drug-likeness (QED) is 0.814. The Morgan fingerprint density at radius 2 is 1.71 bits per heavy atom. The molecule has 1 spiro atoms. The van der Waals surface area contributed by atoms with E-state index in [-0.39, 0.29) is 0 Å². The molecule has 1 aliphatic heterocycles. The van der Waals surface area contributed by atoms with Gasteiger partial charge in [0, 0.05) is 19.6 Å². The Labute approximate surface area is 106 Å². The largest absolute Gasteiger partial charge is 0.389 e. The van der Waals surface area contributed by atoms with Crippen molar-refractivity contribution in [3.63, 3.8) is 0 Å². The minimum absolute atomic E-state index is 0.471. The van der Waals surface area contributed by atoms with Crippen LogP contribution in [0, 0.1) is 5.41 Å². The first-order chi connectivity index (χ1) is 8.05. The number of aliphatic hydroxyl groups is 1. The summed E-state index contributed by atoms with van der Waals surface area (Å²) >= 11 is 0. The van der Waals surface area contributed by atoms with Crippen LogP contribution >= 0.6 is 0 Å². The molecule has 0 amide bonds. The molecule has 1 N–H and O–H groups in total. The Morgan fingerprint density at radius 1 is 1.12 bits per heavy atom. The summed E-state index contributed by atoms with van der Waals surface area (Å²) in [4.78, 5) is 2.47. The van der Waals surface area contributed by atoms with E-state index in [9.17, 15) is 5.11 Å². The van der Waals surface area contributed by atoms with Crippen LogP contribution in [-0.4, -0.2) is 35.2 Å². The Morgan fingerprint density at radius 3 is 2.24 bits per heavy atom. The maximum Gasteiger partial charge on any atom is 0.0746 e. The molecular formula is C15H29NO. The Bertz CT molecular complexity index is 233. The molecule has 2 fully saturated rings. The van der Waals surface area contributed by atoms with Gasteiger partial charge in [-0.15, -0.1) is 0 Å². The first kappa shape index (κ1) is 13.4. The normalized spacial score (nSPS) is 28.4. The third kappa shape index (κ3) is 3.45. The highest BCUT2D eigenvalue weighted by molar-refractivity contribution is 4.97. The fourth-order valence-electron chi connectivity index (χ4n) is 3.91. The number of rotatable bonds is 4. The van der Waals surface area contributed by atoms with Crippen molar-refractivity contribution in [2.24, 2.45) is 5.41 Å². The first-order valence-corrected chi connectivity index (χ1v) is 7.50. The number of hydrogen-bond donors (Lipinski definition) is 1. The van der Waals surface area contributed by atoms with E-state index < -0.39 is 5.60 Å². The van der Waals surface area contributed by atoms with Gasteiger partial charge in [-0.1, -0.05) is 39.0 Å². The molecule has 0 aromatic heterocycles. The van der Waals surface area contributed by atoms with Crippen LogP contribution in [-0.2, 0) is 0 Å². The molecule has 2 rings (SSSR count). The fourth-order valence-corrected chi connectivity index (χ4v) is 3.91. The van der Waals surface area contributed by atoms with Crippen molar-refractivity contribution in [1.82, 2.24) is 4.90 Å². The molecule has 0 radical (unpaired) electrons. The summed E-state index contributed by atoms with van der Waals surface area (Å²) in [6.45, 7) is 7.51. The van der Waals surface area contributed by atoms with E-state index in [4.69, 9.17) is 0 Å². The molecule has 1 saturated carbocycles. The van der Waals surface area contributed by atoms with Crippen LogP contribution in [0.1, 0.15) is 65.2 Å². The lowest BCUT2D eigenvalue weighted by Gasteiger charge is -2.52. The van der Waals surface area contributed by atoms with Crippen molar-refractivity contribution >= 4 is 0 Å². The fraction of sp³-hybridized carbons (Fsp3) is 1.00. The van der Waals surface area contributed by atoms with Crippen LogP contribution in [0.4, 0.5) is 0 Å². The van der Waals surface area contributed by atoms with Gasteiger partial charge in [0.05, 0.1) is 5.60 Å². The van der Waals surface area contributed by atoms with E-state index in [1.54, 1.807) is 0 Å². The van der Waals surface area contributed by atoms with Crippen molar-refractivity contribution in [1.29, 1.82) is 0 Å². The number of likely N-dealkylation sites (tertiary alicyclic amines) is 1. The van der Waals surface area contributed by atoms with Crippen molar-refractivity contribution in [2.75, 3.05) is 19.6 Å². The molecule has 2 heteroatoms. The van der Waals surface area contributed by atoms with Crippen LogP contribution in [0.25, 0.3) is 0 Å². The first-order valence-electron chi connectivity index (χ1n) is 7.50. The second-order valence-corrected chi connectivity index (χ2v) is 6.81. The summed E-state index contributed by atoms with van der Waals surface area (Å²) in [6.07, 6.45) is 10.6. The van der Waals surface area contributed by atoms with Gasteiger partial charge in [-0.2, -0.15) is 0 Å². The lowest BCUT2D eigenvalue weighted by atomic mass is 9.73. The molecule has 0 aromatic carbocycles. The summed E-state index contributed by atoms with van der Waals surface area (Å²) in [5, 5.41) is 10.3. The van der Waals surface area contributed by atoms with E-state index >= 15 is 0 Å². The van der Waals surface area contributed by atoms with Gasteiger partial charge >= 0.3 is 0 Å². The van der Waals surface area contributed by atoms with Crippen LogP contribution in [0.3, 0.4) is 0 Å². The van der Waals surface area contributed by atoms with Crippen molar-refractivity contribution in [2.45, 2.75) is 70.8 Å². The molecule has 1 unspecified atom stereocenters. The van der Waals surface area contributed by atoms with E-state index in [2.05, 4.69) is 11.8 Å². The molecule has 0 bridgehead atoms. The molecule has 2 aliphatic rings. The molecule has 2 nitrogen and oxygen atoms in total. The maximum atomic E-state index is 10.3. The molecule has 17 heavy (non-hydrogen) atoms. The lowest BCUT2D eigenvalue weighted by Crippen LogP contribution is -2.59. The van der Waals surface area contributed by atoms with Gasteiger partial charge < -0.3 is 5.11 Å². The van der Waals surface area contributed by atoms with Crippen molar-refractivity contribution in [3.8, 4) is 0 Å². The molecule has 100 valence electrons. The highest BCUT2D eigenvalue weighted by atomic mass is 16.3. The van der Waals surface area contributed by atoms with Crippen LogP contribution in [0.5, 0.6) is 0 Å². The third-order valence-corrected chi connectivity index (χ3v) is 4.64. The number of nitrogens with zero attached hydrogens (tertiary/aromatic N) is 1. The summed E-state index contributed by atoms with van der Waals surface area (Å²) in [5.41, 5.74) is 0.167. The Kier molecular flexibility index (Phi) is 4.14. The zero-order valence-corrected chi connectivity index (χ0v) is 11.7. The van der Waals surface area contributed by atoms with Crippen molar-refractivity contribution in [3.05, 3.63) is 0 Å². The maximum absolute atomic E-state index is 10.3. The standard InChI is InChI=1S/C15H29NO/c1-3-8-14(2,17)11-16-12-15(13-16)9-6-4-5-7-10-15/h17H,3-13H2,1-2H3. The van der Waals surface area contributed by atoms with Gasteiger partial charge in [0.1, 0.15) is 0 Å². The SMILES string of the molecule is CCCC(C)(O)CN1CC2(CCCCCC2)C1. The van der Waals surface area contributed by atoms with E-state index in [0.29, 0.717) is 5.41 Å². The average Bonchev–Trinajstić information content (AvgIpc) is 2.42. The van der Waals surface area contributed by atoms with Crippen LogP contribution in [0.2, 0.25) is 0 Å². The number of β-amino-alcohol motifs (C(OH)–C–C–N with tert-alkyl or cyclic N) is 1. The summed E-state index contributed by atoms with van der Waals surface area (Å²) in [5.74, 6) is 0. The van der Waals surface area contributed by atoms with Crippen molar-refractivity contribution < 1.29 is 5.11 Å². The highest BCUT2D eigenvalue weighted by Gasteiger charge is 2.43. The van der Waals surface area contributed by atoms with E-state index in [1.807, 2.05) is 6.92 Å². The topological polar surface area (TPSA) is 23.5 Å². The molecule has 1 heterocycles. The molecule has 1 atom stereocenters. The van der Waals surface area contributed by atoms with E-state index in [0.717, 1.165) is 19.4 Å². The second kappa shape index (κ2) is 5.27. The molecule has 1 aliphatic carbocycles. The minimum atomic E-state index is -0.471. The molecule has 0 aromatic rings.